The van der Waals surface area contributed by atoms with Crippen LogP contribution in [0.15, 0.2) is 53.9 Å². The Morgan fingerprint density at radius 1 is 1.14 bits per heavy atom. The van der Waals surface area contributed by atoms with E-state index in [4.69, 9.17) is 0 Å². The molecule has 1 aliphatic rings. The summed E-state index contributed by atoms with van der Waals surface area (Å²) in [6.07, 6.45) is 4.20. The fourth-order valence-electron chi connectivity index (χ4n) is 2.13. The lowest BCUT2D eigenvalue weighted by Crippen LogP contribution is -2.25. The number of benzene rings is 1. The van der Waals surface area contributed by atoms with Crippen LogP contribution in [-0.4, -0.2) is 22.5 Å². The lowest BCUT2D eigenvalue weighted by Gasteiger charge is -2.12. The Morgan fingerprint density at radius 3 is 2.59 bits per heavy atom. The van der Waals surface area contributed by atoms with Crippen molar-refractivity contribution in [3.63, 3.8) is 0 Å². The molecule has 2 heterocycles. The van der Waals surface area contributed by atoms with Gasteiger partial charge in [0.15, 0.2) is 0 Å². The highest BCUT2D eigenvalue weighted by atomic mass is 16.2. The fraction of sp³-hybridized carbons (Fsp3) is 0.125. The maximum Gasteiger partial charge on any atom is 0.257 e. The summed E-state index contributed by atoms with van der Waals surface area (Å²) in [5.41, 5.74) is 5.44. The van der Waals surface area contributed by atoms with E-state index in [9.17, 15) is 9.59 Å². The molecule has 0 radical (unpaired) electrons. The van der Waals surface area contributed by atoms with Crippen molar-refractivity contribution in [3.8, 4) is 0 Å². The van der Waals surface area contributed by atoms with Crippen molar-refractivity contribution in [2.75, 3.05) is 5.32 Å². The number of aromatic nitrogens is 1. The predicted molar refractivity (Wildman–Crippen MR) is 82.5 cm³/mol. The van der Waals surface area contributed by atoms with Crippen LogP contribution in [0.2, 0.25) is 0 Å². The number of nitrogens with zero attached hydrogens (tertiary/aromatic N) is 2. The molecule has 0 saturated heterocycles. The molecule has 1 aliphatic heterocycles. The summed E-state index contributed by atoms with van der Waals surface area (Å²) in [5, 5.41) is 6.85. The number of nitrogens with one attached hydrogen (secondary N) is 2. The zero-order valence-electron chi connectivity index (χ0n) is 11.7. The van der Waals surface area contributed by atoms with Crippen LogP contribution in [0, 0.1) is 0 Å². The minimum Gasteiger partial charge on any atom is -0.322 e. The van der Waals surface area contributed by atoms with Gasteiger partial charge in [0.1, 0.15) is 0 Å². The van der Waals surface area contributed by atoms with Crippen LogP contribution in [0.1, 0.15) is 28.8 Å². The average molecular weight is 294 g/mol. The predicted octanol–water partition coefficient (Wildman–Crippen LogP) is 1.95. The number of pyridine rings is 1. The maximum absolute atomic E-state index is 12.0. The maximum atomic E-state index is 12.0. The second-order valence-electron chi connectivity index (χ2n) is 4.87. The van der Waals surface area contributed by atoms with E-state index in [1.54, 1.807) is 18.3 Å². The Hall–Kier alpha value is -3.02. The van der Waals surface area contributed by atoms with Gasteiger partial charge in [-0.3, -0.25) is 14.6 Å². The van der Waals surface area contributed by atoms with Crippen LogP contribution in [0.3, 0.4) is 0 Å². The highest BCUT2D eigenvalue weighted by Crippen LogP contribution is 2.15. The third-order valence-electron chi connectivity index (χ3n) is 3.30. The van der Waals surface area contributed by atoms with Crippen molar-refractivity contribution in [3.05, 3.63) is 59.9 Å². The second kappa shape index (κ2) is 6.17. The normalized spacial score (nSPS) is 14.0. The highest BCUT2D eigenvalue weighted by Gasteiger charge is 2.13. The number of hydrazone groups is 1. The number of rotatable bonds is 3. The van der Waals surface area contributed by atoms with Crippen LogP contribution in [0.4, 0.5) is 5.69 Å². The molecule has 22 heavy (non-hydrogen) atoms. The van der Waals surface area contributed by atoms with Crippen LogP contribution < -0.4 is 10.7 Å². The van der Waals surface area contributed by atoms with Crippen LogP contribution in [0.5, 0.6) is 0 Å². The summed E-state index contributed by atoms with van der Waals surface area (Å²) in [5.74, 6) is -0.271. The number of amides is 2. The SMILES string of the molecule is O=C1CCC(c2ccc(NC(=O)c3cccnc3)cc2)=NN1. The molecule has 0 atom stereocenters. The highest BCUT2D eigenvalue weighted by molar-refractivity contribution is 6.06. The van der Waals surface area contributed by atoms with Gasteiger partial charge in [-0.2, -0.15) is 5.10 Å². The monoisotopic (exact) mass is 294 g/mol. The first-order chi connectivity index (χ1) is 10.7. The van der Waals surface area contributed by atoms with Gasteiger partial charge in [0.2, 0.25) is 5.91 Å². The standard InChI is InChI=1S/C16H14N4O2/c21-15-8-7-14(19-20-15)11-3-5-13(6-4-11)18-16(22)12-2-1-9-17-10-12/h1-6,9-10H,7-8H2,(H,18,22)(H,20,21). The van der Waals surface area contributed by atoms with E-state index in [1.165, 1.54) is 6.20 Å². The van der Waals surface area contributed by atoms with Gasteiger partial charge >= 0.3 is 0 Å². The molecule has 0 fully saturated rings. The quantitative estimate of drug-likeness (QED) is 0.907. The fourth-order valence-corrected chi connectivity index (χ4v) is 2.13. The van der Waals surface area contributed by atoms with E-state index in [-0.39, 0.29) is 11.8 Å². The zero-order chi connectivity index (χ0) is 15.4. The molecule has 6 nitrogen and oxygen atoms in total. The van der Waals surface area contributed by atoms with Crippen molar-refractivity contribution in [1.29, 1.82) is 0 Å². The minimum atomic E-state index is -0.205. The van der Waals surface area contributed by atoms with Gasteiger partial charge in [-0.1, -0.05) is 12.1 Å². The molecule has 2 N–H and O–H groups in total. The first-order valence-corrected chi connectivity index (χ1v) is 6.89. The van der Waals surface area contributed by atoms with Gasteiger partial charge in [0, 0.05) is 30.9 Å². The minimum absolute atomic E-state index is 0.0656. The topological polar surface area (TPSA) is 83.5 Å². The number of anilines is 1. The van der Waals surface area contributed by atoms with Crippen LogP contribution in [0.25, 0.3) is 0 Å². The number of carbonyl (C=O) groups excluding carboxylic acids is 2. The van der Waals surface area contributed by atoms with Gasteiger partial charge in [-0.15, -0.1) is 0 Å². The lowest BCUT2D eigenvalue weighted by atomic mass is 10.0. The Balaban J connectivity index is 1.70. The van der Waals surface area contributed by atoms with Crippen molar-refractivity contribution in [1.82, 2.24) is 10.4 Å². The zero-order valence-corrected chi connectivity index (χ0v) is 11.7. The Kier molecular flexibility index (Phi) is 3.91. The molecule has 110 valence electrons. The molecule has 6 heteroatoms. The Morgan fingerprint density at radius 2 is 1.95 bits per heavy atom. The molecule has 1 aromatic carbocycles. The average Bonchev–Trinajstić information content (AvgIpc) is 2.57. The van der Waals surface area contributed by atoms with Crippen LogP contribution in [-0.2, 0) is 4.79 Å². The summed E-state index contributed by atoms with van der Waals surface area (Å²) in [6, 6.07) is 10.8. The molecule has 1 aromatic heterocycles. The van der Waals surface area contributed by atoms with E-state index in [1.807, 2.05) is 24.3 Å². The molecular weight excluding hydrogens is 280 g/mol. The third-order valence-corrected chi connectivity index (χ3v) is 3.30. The molecule has 0 saturated carbocycles. The van der Waals surface area contributed by atoms with Gasteiger partial charge in [0.05, 0.1) is 11.3 Å². The van der Waals surface area contributed by atoms with Crippen molar-refractivity contribution in [2.45, 2.75) is 12.8 Å². The molecule has 0 spiro atoms. The lowest BCUT2D eigenvalue weighted by molar-refractivity contribution is -0.121. The first kappa shape index (κ1) is 13.9. The third kappa shape index (κ3) is 3.17. The van der Waals surface area contributed by atoms with E-state index in [0.29, 0.717) is 24.1 Å². The molecule has 2 amide bonds. The first-order valence-electron chi connectivity index (χ1n) is 6.89. The molecule has 0 bridgehead atoms. The number of hydrogen-bond acceptors (Lipinski definition) is 4. The molecule has 0 unspecified atom stereocenters. The summed E-state index contributed by atoms with van der Waals surface area (Å²) >= 11 is 0. The molecule has 3 rings (SSSR count). The summed E-state index contributed by atoms with van der Waals surface area (Å²) in [6.45, 7) is 0. The summed E-state index contributed by atoms with van der Waals surface area (Å²) in [4.78, 5) is 27.0. The van der Waals surface area contributed by atoms with Gasteiger partial charge in [0.25, 0.3) is 5.91 Å². The van der Waals surface area contributed by atoms with E-state index in [0.717, 1.165) is 11.3 Å². The summed E-state index contributed by atoms with van der Waals surface area (Å²) in [7, 11) is 0. The van der Waals surface area contributed by atoms with Crippen molar-refractivity contribution in [2.24, 2.45) is 5.10 Å². The summed E-state index contributed by atoms with van der Waals surface area (Å²) < 4.78 is 0. The molecule has 0 aliphatic carbocycles. The Bertz CT molecular complexity index is 724. The van der Waals surface area contributed by atoms with E-state index >= 15 is 0 Å². The van der Waals surface area contributed by atoms with Crippen molar-refractivity contribution < 1.29 is 9.59 Å². The largest absolute Gasteiger partial charge is 0.322 e. The Labute approximate surface area is 127 Å². The number of carbonyl (C=O) groups is 2. The molecular formula is C16H14N4O2. The van der Waals surface area contributed by atoms with Gasteiger partial charge in [-0.05, 0) is 29.8 Å². The van der Waals surface area contributed by atoms with Gasteiger partial charge in [-0.25, -0.2) is 5.43 Å². The van der Waals surface area contributed by atoms with E-state index in [2.05, 4.69) is 20.8 Å². The second-order valence-corrected chi connectivity index (χ2v) is 4.87. The number of hydrogen-bond donors (Lipinski definition) is 2. The van der Waals surface area contributed by atoms with Crippen molar-refractivity contribution >= 4 is 23.2 Å². The van der Waals surface area contributed by atoms with E-state index < -0.39 is 0 Å². The molecule has 2 aromatic rings. The smallest absolute Gasteiger partial charge is 0.257 e. The van der Waals surface area contributed by atoms with Gasteiger partial charge < -0.3 is 5.32 Å². The van der Waals surface area contributed by atoms with Crippen LogP contribution >= 0.6 is 0 Å².